The van der Waals surface area contributed by atoms with Gasteiger partial charge in [0.1, 0.15) is 5.82 Å². The summed E-state index contributed by atoms with van der Waals surface area (Å²) in [6.45, 7) is 1.74. The van der Waals surface area contributed by atoms with Crippen LogP contribution in [0, 0.1) is 12.7 Å². The molecule has 0 fully saturated rings. The molecular weight excluding hydrogens is 227 g/mol. The molecule has 3 aromatic rings. The van der Waals surface area contributed by atoms with Crippen molar-refractivity contribution in [1.82, 2.24) is 9.38 Å². The lowest BCUT2D eigenvalue weighted by molar-refractivity contribution is 0.629. The molecule has 0 spiro atoms. The summed E-state index contributed by atoms with van der Waals surface area (Å²) in [5, 5.41) is 1.76. The molecule has 0 radical (unpaired) electrons. The van der Waals surface area contributed by atoms with E-state index in [0.717, 1.165) is 0 Å². The van der Waals surface area contributed by atoms with E-state index in [0.29, 0.717) is 21.6 Å². The molecule has 0 aliphatic rings. The first-order valence-electron chi connectivity index (χ1n) is 4.73. The molecule has 0 amide bonds. The molecular formula is C11H7FN2OS. The van der Waals surface area contributed by atoms with Gasteiger partial charge in [0, 0.05) is 17.0 Å². The third kappa shape index (κ3) is 1.18. The van der Waals surface area contributed by atoms with Crippen LogP contribution in [-0.2, 0) is 0 Å². The Bertz CT molecular complexity index is 760. The van der Waals surface area contributed by atoms with Crippen LogP contribution in [0.1, 0.15) is 5.56 Å². The standard InChI is InChI=1S/C11H7FN2OS/c1-6-5-16-11-13-8-3-2-7(12)4-9(8)14(11)10(6)15/h2-5H,1H3. The zero-order valence-corrected chi connectivity index (χ0v) is 9.21. The van der Waals surface area contributed by atoms with Crippen LogP contribution in [-0.4, -0.2) is 9.38 Å². The Morgan fingerprint density at radius 3 is 3.06 bits per heavy atom. The van der Waals surface area contributed by atoms with Gasteiger partial charge in [0.15, 0.2) is 4.96 Å². The van der Waals surface area contributed by atoms with Crippen molar-refractivity contribution >= 4 is 27.3 Å². The quantitative estimate of drug-likeness (QED) is 0.598. The molecule has 3 rings (SSSR count). The van der Waals surface area contributed by atoms with Crippen molar-refractivity contribution < 1.29 is 4.39 Å². The smallest absolute Gasteiger partial charge is 0.261 e. The number of aromatic nitrogens is 2. The minimum atomic E-state index is -0.361. The first kappa shape index (κ1) is 9.47. The van der Waals surface area contributed by atoms with E-state index in [4.69, 9.17) is 0 Å². The van der Waals surface area contributed by atoms with E-state index >= 15 is 0 Å². The topological polar surface area (TPSA) is 34.4 Å². The van der Waals surface area contributed by atoms with Gasteiger partial charge in [0.25, 0.3) is 5.56 Å². The second-order valence-electron chi connectivity index (χ2n) is 3.59. The van der Waals surface area contributed by atoms with Crippen LogP contribution < -0.4 is 5.56 Å². The molecule has 5 heteroatoms. The van der Waals surface area contributed by atoms with Crippen molar-refractivity contribution in [3.8, 4) is 0 Å². The number of imidazole rings is 1. The fourth-order valence-corrected chi connectivity index (χ4v) is 2.49. The predicted octanol–water partition coefficient (Wildman–Crippen LogP) is 2.36. The minimum absolute atomic E-state index is 0.137. The number of hydrogen-bond donors (Lipinski definition) is 0. The highest BCUT2D eigenvalue weighted by Gasteiger charge is 2.09. The summed E-state index contributed by atoms with van der Waals surface area (Å²) in [5.74, 6) is -0.361. The average Bonchev–Trinajstić information content (AvgIpc) is 2.62. The summed E-state index contributed by atoms with van der Waals surface area (Å²) in [7, 11) is 0. The molecule has 0 atom stereocenters. The van der Waals surface area contributed by atoms with Crippen molar-refractivity contribution in [1.29, 1.82) is 0 Å². The summed E-state index contributed by atoms with van der Waals surface area (Å²) in [5.41, 5.74) is 1.67. The van der Waals surface area contributed by atoms with Crippen LogP contribution in [0.15, 0.2) is 28.4 Å². The number of rotatable bonds is 0. The Balaban J connectivity index is 2.65. The van der Waals surface area contributed by atoms with Gasteiger partial charge >= 0.3 is 0 Å². The monoisotopic (exact) mass is 234 g/mol. The number of aryl methyl sites for hydroxylation is 1. The van der Waals surface area contributed by atoms with Crippen molar-refractivity contribution in [2.45, 2.75) is 6.92 Å². The van der Waals surface area contributed by atoms with Gasteiger partial charge in [-0.05, 0) is 19.1 Å². The average molecular weight is 234 g/mol. The predicted molar refractivity (Wildman–Crippen MR) is 61.5 cm³/mol. The third-order valence-electron chi connectivity index (χ3n) is 2.47. The Morgan fingerprint density at radius 1 is 1.44 bits per heavy atom. The van der Waals surface area contributed by atoms with Crippen LogP contribution in [0.3, 0.4) is 0 Å². The highest BCUT2D eigenvalue weighted by Crippen LogP contribution is 2.18. The lowest BCUT2D eigenvalue weighted by Gasteiger charge is -1.95. The van der Waals surface area contributed by atoms with Gasteiger partial charge in [0.2, 0.25) is 0 Å². The Morgan fingerprint density at radius 2 is 2.25 bits per heavy atom. The molecule has 80 valence electrons. The Hall–Kier alpha value is -1.75. The lowest BCUT2D eigenvalue weighted by Crippen LogP contribution is -2.13. The largest absolute Gasteiger partial charge is 0.269 e. The van der Waals surface area contributed by atoms with Crippen molar-refractivity contribution in [2.75, 3.05) is 0 Å². The number of nitrogens with zero attached hydrogens (tertiary/aromatic N) is 2. The van der Waals surface area contributed by atoms with E-state index in [2.05, 4.69) is 4.98 Å². The molecule has 0 aliphatic heterocycles. The van der Waals surface area contributed by atoms with Crippen molar-refractivity contribution in [2.24, 2.45) is 0 Å². The summed E-state index contributed by atoms with van der Waals surface area (Å²) >= 11 is 1.38. The van der Waals surface area contributed by atoms with Gasteiger partial charge in [-0.1, -0.05) is 0 Å². The number of benzene rings is 1. The van der Waals surface area contributed by atoms with Gasteiger partial charge in [-0.2, -0.15) is 0 Å². The minimum Gasteiger partial charge on any atom is -0.269 e. The maximum atomic E-state index is 13.1. The molecule has 3 nitrogen and oxygen atoms in total. The van der Waals surface area contributed by atoms with E-state index in [9.17, 15) is 9.18 Å². The summed E-state index contributed by atoms with van der Waals surface area (Å²) < 4.78 is 14.6. The van der Waals surface area contributed by atoms with Crippen molar-refractivity contribution in [3.63, 3.8) is 0 Å². The fourth-order valence-electron chi connectivity index (χ4n) is 1.67. The zero-order valence-electron chi connectivity index (χ0n) is 8.40. The highest BCUT2D eigenvalue weighted by atomic mass is 32.1. The molecule has 2 aromatic heterocycles. The van der Waals surface area contributed by atoms with Crippen LogP contribution in [0.25, 0.3) is 16.0 Å². The van der Waals surface area contributed by atoms with Crippen LogP contribution in [0.5, 0.6) is 0 Å². The molecule has 0 aliphatic carbocycles. The molecule has 0 saturated heterocycles. The van der Waals surface area contributed by atoms with Crippen LogP contribution in [0.4, 0.5) is 4.39 Å². The van der Waals surface area contributed by atoms with E-state index in [1.54, 1.807) is 18.4 Å². The molecule has 1 aromatic carbocycles. The van der Waals surface area contributed by atoms with E-state index < -0.39 is 0 Å². The van der Waals surface area contributed by atoms with Gasteiger partial charge < -0.3 is 0 Å². The van der Waals surface area contributed by atoms with E-state index in [1.165, 1.54) is 27.9 Å². The molecule has 0 unspecified atom stereocenters. The molecule has 2 heterocycles. The maximum absolute atomic E-state index is 13.1. The third-order valence-corrected chi connectivity index (χ3v) is 3.42. The molecule has 0 N–H and O–H groups in total. The summed E-state index contributed by atoms with van der Waals surface area (Å²) in [6, 6.07) is 4.26. The lowest BCUT2D eigenvalue weighted by atomic mass is 10.3. The Labute approximate surface area is 93.8 Å². The number of fused-ring (bicyclic) bond motifs is 3. The first-order chi connectivity index (χ1) is 7.66. The van der Waals surface area contributed by atoms with Gasteiger partial charge in [-0.25, -0.2) is 13.8 Å². The normalized spacial score (nSPS) is 11.4. The van der Waals surface area contributed by atoms with Crippen LogP contribution >= 0.6 is 11.3 Å². The fraction of sp³-hybridized carbons (Fsp3) is 0.0909. The van der Waals surface area contributed by atoms with Gasteiger partial charge in [0.05, 0.1) is 11.0 Å². The molecule has 0 bridgehead atoms. The van der Waals surface area contributed by atoms with E-state index in [1.807, 2.05) is 0 Å². The zero-order chi connectivity index (χ0) is 11.3. The first-order valence-corrected chi connectivity index (χ1v) is 5.61. The van der Waals surface area contributed by atoms with Gasteiger partial charge in [-0.15, -0.1) is 11.3 Å². The van der Waals surface area contributed by atoms with Crippen LogP contribution in [0.2, 0.25) is 0 Å². The summed E-state index contributed by atoms with van der Waals surface area (Å²) in [4.78, 5) is 16.8. The molecule has 16 heavy (non-hydrogen) atoms. The second-order valence-corrected chi connectivity index (χ2v) is 4.42. The summed E-state index contributed by atoms with van der Waals surface area (Å²) in [6.07, 6.45) is 0. The second kappa shape index (κ2) is 3.12. The number of halogens is 1. The van der Waals surface area contributed by atoms with Crippen molar-refractivity contribution in [3.05, 3.63) is 45.3 Å². The van der Waals surface area contributed by atoms with E-state index in [-0.39, 0.29) is 11.4 Å². The Kier molecular flexibility index (Phi) is 1.85. The molecule has 0 saturated carbocycles. The highest BCUT2D eigenvalue weighted by molar-refractivity contribution is 7.15. The number of hydrogen-bond acceptors (Lipinski definition) is 3. The SMILES string of the molecule is Cc1csc2nc3ccc(F)cc3n2c1=O. The maximum Gasteiger partial charge on any atom is 0.261 e. The van der Waals surface area contributed by atoms with Gasteiger partial charge in [-0.3, -0.25) is 4.79 Å².